The fourth-order valence-corrected chi connectivity index (χ4v) is 2.14. The van der Waals surface area contributed by atoms with Crippen LogP contribution in [0.3, 0.4) is 0 Å². The normalized spacial score (nSPS) is 14.6. The third-order valence-electron chi connectivity index (χ3n) is 3.66. The zero-order valence-corrected chi connectivity index (χ0v) is 13.2. The van der Waals surface area contributed by atoms with Crippen molar-refractivity contribution in [1.29, 1.82) is 0 Å². The predicted molar refractivity (Wildman–Crippen MR) is 80.6 cm³/mol. The molecule has 0 aliphatic heterocycles. The first-order chi connectivity index (χ1) is 9.00. The van der Waals surface area contributed by atoms with Crippen LogP contribution in [0, 0.1) is 0 Å². The summed E-state index contributed by atoms with van der Waals surface area (Å²) in [7, 11) is 0. The molecule has 4 heteroatoms. The Balaban J connectivity index is 4.13. The van der Waals surface area contributed by atoms with Gasteiger partial charge in [-0.25, -0.2) is 0 Å². The highest BCUT2D eigenvalue weighted by molar-refractivity contribution is 5.78. The van der Waals surface area contributed by atoms with Gasteiger partial charge in [0.2, 0.25) is 0 Å². The number of carboxylic acid groups (broad SMARTS) is 1. The van der Waals surface area contributed by atoms with Crippen LogP contribution in [0.4, 0.5) is 0 Å². The van der Waals surface area contributed by atoms with Crippen molar-refractivity contribution in [1.82, 2.24) is 10.2 Å². The van der Waals surface area contributed by atoms with Crippen molar-refractivity contribution < 1.29 is 9.90 Å². The van der Waals surface area contributed by atoms with Gasteiger partial charge in [0, 0.05) is 0 Å². The van der Waals surface area contributed by atoms with Crippen LogP contribution in [0.25, 0.3) is 0 Å². The van der Waals surface area contributed by atoms with Crippen molar-refractivity contribution in [3.63, 3.8) is 0 Å². The molecule has 0 heterocycles. The summed E-state index contributed by atoms with van der Waals surface area (Å²) >= 11 is 0. The Kier molecular flexibility index (Phi) is 9.88. The number of carboxylic acids is 1. The molecule has 4 nitrogen and oxygen atoms in total. The Morgan fingerprint density at radius 3 is 2.26 bits per heavy atom. The van der Waals surface area contributed by atoms with Crippen LogP contribution in [-0.2, 0) is 4.79 Å². The molecule has 19 heavy (non-hydrogen) atoms. The van der Waals surface area contributed by atoms with E-state index >= 15 is 0 Å². The molecule has 0 radical (unpaired) electrons. The third kappa shape index (κ3) is 7.53. The molecule has 0 aliphatic rings. The molecule has 0 aromatic rings. The first-order valence-electron chi connectivity index (χ1n) is 7.70. The molecule has 1 unspecified atom stereocenters. The van der Waals surface area contributed by atoms with Crippen LogP contribution in [0.5, 0.6) is 0 Å². The molecule has 0 aromatic carbocycles. The molecule has 0 amide bonds. The summed E-state index contributed by atoms with van der Waals surface area (Å²) < 4.78 is 0. The molecule has 0 aromatic heterocycles. The molecular formula is C15H32N2O2. The van der Waals surface area contributed by atoms with E-state index in [0.717, 1.165) is 39.0 Å². The van der Waals surface area contributed by atoms with Gasteiger partial charge in [0.05, 0.1) is 0 Å². The van der Waals surface area contributed by atoms with Gasteiger partial charge >= 0.3 is 5.97 Å². The van der Waals surface area contributed by atoms with Gasteiger partial charge in [0.1, 0.15) is 5.54 Å². The van der Waals surface area contributed by atoms with E-state index in [1.54, 1.807) is 6.92 Å². The number of hydrogen-bond acceptors (Lipinski definition) is 3. The van der Waals surface area contributed by atoms with E-state index in [2.05, 4.69) is 31.0 Å². The Hall–Kier alpha value is -0.610. The van der Waals surface area contributed by atoms with E-state index in [-0.39, 0.29) is 0 Å². The molecule has 0 aliphatic carbocycles. The summed E-state index contributed by atoms with van der Waals surface area (Å²) in [6, 6.07) is 0. The van der Waals surface area contributed by atoms with Gasteiger partial charge in [-0.15, -0.1) is 0 Å². The second-order valence-electron chi connectivity index (χ2n) is 5.46. The topological polar surface area (TPSA) is 52.6 Å². The summed E-state index contributed by atoms with van der Waals surface area (Å²) in [5.41, 5.74) is -0.778. The Labute approximate surface area is 118 Å². The van der Waals surface area contributed by atoms with Crippen LogP contribution in [0.15, 0.2) is 0 Å². The molecule has 0 saturated carbocycles. The SMILES string of the molecule is CCCCN(CC)CCCC(C)(NCCC)C(=O)O. The van der Waals surface area contributed by atoms with Crippen molar-refractivity contribution in [2.75, 3.05) is 26.2 Å². The van der Waals surface area contributed by atoms with E-state index < -0.39 is 11.5 Å². The van der Waals surface area contributed by atoms with E-state index in [9.17, 15) is 9.90 Å². The smallest absolute Gasteiger partial charge is 0.323 e. The highest BCUT2D eigenvalue weighted by Crippen LogP contribution is 2.13. The first kappa shape index (κ1) is 18.4. The van der Waals surface area contributed by atoms with E-state index in [1.807, 2.05) is 0 Å². The maximum absolute atomic E-state index is 11.4. The molecule has 0 spiro atoms. The summed E-state index contributed by atoms with van der Waals surface area (Å²) in [5, 5.41) is 12.5. The van der Waals surface area contributed by atoms with Crippen molar-refractivity contribution in [3.05, 3.63) is 0 Å². The Morgan fingerprint density at radius 2 is 1.79 bits per heavy atom. The van der Waals surface area contributed by atoms with Crippen molar-refractivity contribution in [3.8, 4) is 0 Å². The molecule has 0 saturated heterocycles. The van der Waals surface area contributed by atoms with Crippen LogP contribution < -0.4 is 5.32 Å². The van der Waals surface area contributed by atoms with Crippen LogP contribution in [-0.4, -0.2) is 47.7 Å². The van der Waals surface area contributed by atoms with Gasteiger partial charge in [0.25, 0.3) is 0 Å². The minimum Gasteiger partial charge on any atom is -0.480 e. The molecular weight excluding hydrogens is 240 g/mol. The summed E-state index contributed by atoms with van der Waals surface area (Å²) in [6.07, 6.45) is 5.00. The molecule has 0 fully saturated rings. The fourth-order valence-electron chi connectivity index (χ4n) is 2.14. The van der Waals surface area contributed by atoms with Gasteiger partial charge in [-0.05, 0) is 58.8 Å². The highest BCUT2D eigenvalue weighted by Gasteiger charge is 2.31. The number of hydrogen-bond donors (Lipinski definition) is 2. The van der Waals surface area contributed by atoms with E-state index in [1.165, 1.54) is 12.8 Å². The van der Waals surface area contributed by atoms with E-state index in [0.29, 0.717) is 6.42 Å². The van der Waals surface area contributed by atoms with E-state index in [4.69, 9.17) is 0 Å². The largest absolute Gasteiger partial charge is 0.480 e. The average molecular weight is 272 g/mol. The highest BCUT2D eigenvalue weighted by atomic mass is 16.4. The van der Waals surface area contributed by atoms with Gasteiger partial charge in [-0.3, -0.25) is 4.79 Å². The number of unbranched alkanes of at least 4 members (excludes halogenated alkanes) is 1. The van der Waals surface area contributed by atoms with Gasteiger partial charge in [-0.1, -0.05) is 27.2 Å². The molecule has 2 N–H and O–H groups in total. The average Bonchev–Trinajstić information content (AvgIpc) is 2.40. The second-order valence-corrected chi connectivity index (χ2v) is 5.46. The standard InChI is InChI=1S/C15H32N2O2/c1-5-8-12-17(7-3)13-9-10-15(4,14(18)19)16-11-6-2/h16H,5-13H2,1-4H3,(H,18,19). The second kappa shape index (κ2) is 10.2. The molecule has 1 atom stereocenters. The lowest BCUT2D eigenvalue weighted by Gasteiger charge is -2.28. The summed E-state index contributed by atoms with van der Waals surface area (Å²) in [5.74, 6) is -0.738. The fraction of sp³-hybridized carbons (Fsp3) is 0.933. The number of nitrogens with one attached hydrogen (secondary N) is 1. The maximum atomic E-state index is 11.4. The Bertz CT molecular complexity index is 246. The lowest BCUT2D eigenvalue weighted by atomic mass is 9.95. The van der Waals surface area contributed by atoms with Crippen LogP contribution >= 0.6 is 0 Å². The summed E-state index contributed by atoms with van der Waals surface area (Å²) in [6.45, 7) is 12.1. The summed E-state index contributed by atoms with van der Waals surface area (Å²) in [4.78, 5) is 13.8. The lowest BCUT2D eigenvalue weighted by Crippen LogP contribution is -2.50. The van der Waals surface area contributed by atoms with Gasteiger partial charge in [-0.2, -0.15) is 0 Å². The van der Waals surface area contributed by atoms with Crippen molar-refractivity contribution in [2.45, 2.75) is 65.3 Å². The molecule has 0 bridgehead atoms. The zero-order valence-electron chi connectivity index (χ0n) is 13.2. The number of nitrogens with zero attached hydrogens (tertiary/aromatic N) is 1. The number of carbonyl (C=O) groups is 1. The minimum atomic E-state index is -0.778. The van der Waals surface area contributed by atoms with Crippen molar-refractivity contribution >= 4 is 5.97 Å². The third-order valence-corrected chi connectivity index (χ3v) is 3.66. The quantitative estimate of drug-likeness (QED) is 0.573. The minimum absolute atomic E-state index is 0.685. The van der Waals surface area contributed by atoms with Gasteiger partial charge < -0.3 is 15.3 Å². The zero-order chi connectivity index (χ0) is 14.7. The first-order valence-corrected chi connectivity index (χ1v) is 7.70. The van der Waals surface area contributed by atoms with Crippen LogP contribution in [0.1, 0.15) is 59.8 Å². The molecule has 114 valence electrons. The van der Waals surface area contributed by atoms with Crippen molar-refractivity contribution in [2.24, 2.45) is 0 Å². The molecule has 0 rings (SSSR count). The maximum Gasteiger partial charge on any atom is 0.323 e. The number of rotatable bonds is 12. The predicted octanol–water partition coefficient (Wildman–Crippen LogP) is 2.73. The number of aliphatic carboxylic acids is 1. The van der Waals surface area contributed by atoms with Gasteiger partial charge in [0.15, 0.2) is 0 Å². The van der Waals surface area contributed by atoms with Crippen LogP contribution in [0.2, 0.25) is 0 Å². The monoisotopic (exact) mass is 272 g/mol. The lowest BCUT2D eigenvalue weighted by molar-refractivity contribution is -0.144. The Morgan fingerprint density at radius 1 is 1.16 bits per heavy atom.